The molecular formula is C16H13FO3. The van der Waals surface area contributed by atoms with E-state index in [0.29, 0.717) is 17.1 Å². The summed E-state index contributed by atoms with van der Waals surface area (Å²) < 4.78 is 18.9. The van der Waals surface area contributed by atoms with E-state index in [-0.39, 0.29) is 0 Å². The van der Waals surface area contributed by atoms with Crippen molar-refractivity contribution in [2.24, 2.45) is 0 Å². The van der Waals surface area contributed by atoms with Gasteiger partial charge in [0.15, 0.2) is 0 Å². The summed E-state index contributed by atoms with van der Waals surface area (Å²) in [7, 11) is 0. The first-order valence-corrected chi connectivity index (χ1v) is 6.00. The van der Waals surface area contributed by atoms with Crippen molar-refractivity contribution in [1.29, 1.82) is 0 Å². The molecule has 0 aromatic heterocycles. The monoisotopic (exact) mass is 272 g/mol. The predicted octanol–water partition coefficient (Wildman–Crippen LogP) is 4.02. The SMILES string of the molecule is Cc1ccc(Oc2ccc(F)cc2/C=C/C(=O)O)cc1. The van der Waals surface area contributed by atoms with Crippen molar-refractivity contribution >= 4 is 12.0 Å². The lowest BCUT2D eigenvalue weighted by Gasteiger charge is -2.09. The van der Waals surface area contributed by atoms with Gasteiger partial charge in [0, 0.05) is 11.6 Å². The number of carbonyl (C=O) groups is 1. The first-order valence-electron chi connectivity index (χ1n) is 6.00. The quantitative estimate of drug-likeness (QED) is 0.855. The third-order valence-electron chi connectivity index (χ3n) is 2.63. The molecular weight excluding hydrogens is 259 g/mol. The Kier molecular flexibility index (Phi) is 4.15. The van der Waals surface area contributed by atoms with Gasteiger partial charge < -0.3 is 9.84 Å². The maximum atomic E-state index is 13.2. The lowest BCUT2D eigenvalue weighted by atomic mass is 10.1. The van der Waals surface area contributed by atoms with Gasteiger partial charge in [0.25, 0.3) is 0 Å². The van der Waals surface area contributed by atoms with E-state index in [1.807, 2.05) is 19.1 Å². The molecule has 0 saturated heterocycles. The molecule has 0 unspecified atom stereocenters. The predicted molar refractivity (Wildman–Crippen MR) is 74.3 cm³/mol. The minimum atomic E-state index is -1.10. The Balaban J connectivity index is 2.30. The van der Waals surface area contributed by atoms with Gasteiger partial charge >= 0.3 is 5.97 Å². The Morgan fingerprint density at radius 2 is 1.90 bits per heavy atom. The van der Waals surface area contributed by atoms with Gasteiger partial charge in [-0.15, -0.1) is 0 Å². The zero-order valence-electron chi connectivity index (χ0n) is 10.8. The van der Waals surface area contributed by atoms with Crippen molar-refractivity contribution in [1.82, 2.24) is 0 Å². The van der Waals surface area contributed by atoms with Crippen LogP contribution in [0.4, 0.5) is 4.39 Å². The normalized spacial score (nSPS) is 10.7. The summed E-state index contributed by atoms with van der Waals surface area (Å²) in [5.74, 6) is -0.554. The Bertz CT molecular complexity index is 645. The van der Waals surface area contributed by atoms with Crippen LogP contribution in [0.1, 0.15) is 11.1 Å². The van der Waals surface area contributed by atoms with Gasteiger partial charge in [-0.05, 0) is 43.3 Å². The number of benzene rings is 2. The highest BCUT2D eigenvalue weighted by atomic mass is 19.1. The number of carboxylic acids is 1. The summed E-state index contributed by atoms with van der Waals surface area (Å²) in [5, 5.41) is 8.63. The molecule has 0 spiro atoms. The molecule has 0 radical (unpaired) electrons. The summed E-state index contributed by atoms with van der Waals surface area (Å²) in [5.41, 5.74) is 1.47. The van der Waals surface area contributed by atoms with Crippen LogP contribution in [0.5, 0.6) is 11.5 Å². The molecule has 2 rings (SSSR count). The lowest BCUT2D eigenvalue weighted by molar-refractivity contribution is -0.131. The van der Waals surface area contributed by atoms with Gasteiger partial charge in [-0.1, -0.05) is 17.7 Å². The molecule has 0 bridgehead atoms. The molecule has 0 aliphatic carbocycles. The molecule has 20 heavy (non-hydrogen) atoms. The number of aryl methyl sites for hydroxylation is 1. The summed E-state index contributed by atoms with van der Waals surface area (Å²) in [6, 6.07) is 11.3. The topological polar surface area (TPSA) is 46.5 Å². The molecule has 0 heterocycles. The first-order chi connectivity index (χ1) is 9.54. The fourth-order valence-electron chi connectivity index (χ4n) is 1.64. The molecule has 1 N–H and O–H groups in total. The molecule has 0 aliphatic rings. The summed E-state index contributed by atoms with van der Waals surface area (Å²) in [4.78, 5) is 10.5. The second-order valence-electron chi connectivity index (χ2n) is 4.27. The number of ether oxygens (including phenoxy) is 1. The van der Waals surface area contributed by atoms with E-state index >= 15 is 0 Å². The van der Waals surface area contributed by atoms with Crippen molar-refractivity contribution < 1.29 is 19.0 Å². The van der Waals surface area contributed by atoms with Gasteiger partial charge in [0.2, 0.25) is 0 Å². The average molecular weight is 272 g/mol. The van der Waals surface area contributed by atoms with Gasteiger partial charge in [-0.2, -0.15) is 0 Å². The van der Waals surface area contributed by atoms with Crippen molar-refractivity contribution in [2.75, 3.05) is 0 Å². The Morgan fingerprint density at radius 3 is 2.55 bits per heavy atom. The minimum Gasteiger partial charge on any atom is -0.478 e. The lowest BCUT2D eigenvalue weighted by Crippen LogP contribution is -1.91. The molecule has 102 valence electrons. The van der Waals surface area contributed by atoms with Crippen molar-refractivity contribution in [2.45, 2.75) is 6.92 Å². The second kappa shape index (κ2) is 6.02. The smallest absolute Gasteiger partial charge is 0.328 e. The van der Waals surface area contributed by atoms with Crippen LogP contribution >= 0.6 is 0 Å². The van der Waals surface area contributed by atoms with Crippen molar-refractivity contribution in [3.63, 3.8) is 0 Å². The van der Waals surface area contributed by atoms with Crippen molar-refractivity contribution in [3.05, 3.63) is 65.5 Å². The van der Waals surface area contributed by atoms with E-state index < -0.39 is 11.8 Å². The van der Waals surface area contributed by atoms with Crippen LogP contribution in [0, 0.1) is 12.7 Å². The molecule has 2 aromatic rings. The summed E-state index contributed by atoms with van der Waals surface area (Å²) >= 11 is 0. The maximum absolute atomic E-state index is 13.2. The summed E-state index contributed by atoms with van der Waals surface area (Å²) in [6.07, 6.45) is 2.24. The largest absolute Gasteiger partial charge is 0.478 e. The van der Waals surface area contributed by atoms with Crippen LogP contribution < -0.4 is 4.74 Å². The Labute approximate surface area is 115 Å². The van der Waals surface area contributed by atoms with Gasteiger partial charge in [0.1, 0.15) is 17.3 Å². The number of carboxylic acid groups (broad SMARTS) is 1. The van der Waals surface area contributed by atoms with Crippen molar-refractivity contribution in [3.8, 4) is 11.5 Å². The fourth-order valence-corrected chi connectivity index (χ4v) is 1.64. The van der Waals surface area contributed by atoms with Crippen LogP contribution in [-0.4, -0.2) is 11.1 Å². The highest BCUT2D eigenvalue weighted by Crippen LogP contribution is 2.27. The van der Waals surface area contributed by atoms with E-state index in [1.165, 1.54) is 24.3 Å². The minimum absolute atomic E-state index is 0.368. The molecule has 0 atom stereocenters. The fraction of sp³-hybridized carbons (Fsp3) is 0.0625. The van der Waals surface area contributed by atoms with E-state index in [9.17, 15) is 9.18 Å². The molecule has 0 saturated carbocycles. The van der Waals surface area contributed by atoms with Crippen LogP contribution in [0.25, 0.3) is 6.08 Å². The van der Waals surface area contributed by atoms with E-state index in [4.69, 9.17) is 9.84 Å². The number of rotatable bonds is 4. The zero-order valence-corrected chi connectivity index (χ0v) is 10.8. The van der Waals surface area contributed by atoms with Crippen LogP contribution in [0.2, 0.25) is 0 Å². The first kappa shape index (κ1) is 13.8. The zero-order chi connectivity index (χ0) is 14.5. The van der Waals surface area contributed by atoms with Crippen LogP contribution in [0.3, 0.4) is 0 Å². The van der Waals surface area contributed by atoms with E-state index in [1.54, 1.807) is 12.1 Å². The molecule has 0 aliphatic heterocycles. The standard InChI is InChI=1S/C16H13FO3/c1-11-2-6-14(7-3-11)20-15-8-5-13(17)10-12(15)4-9-16(18)19/h2-10H,1H3,(H,18,19)/b9-4+. The Hall–Kier alpha value is -2.62. The summed E-state index contributed by atoms with van der Waals surface area (Å²) in [6.45, 7) is 1.96. The molecule has 0 fully saturated rings. The van der Waals surface area contributed by atoms with Gasteiger partial charge in [-0.3, -0.25) is 0 Å². The number of halogens is 1. The van der Waals surface area contributed by atoms with E-state index in [2.05, 4.69) is 0 Å². The highest BCUT2D eigenvalue weighted by Gasteiger charge is 2.05. The second-order valence-corrected chi connectivity index (χ2v) is 4.27. The molecule has 4 heteroatoms. The Morgan fingerprint density at radius 1 is 1.20 bits per heavy atom. The number of hydrogen-bond donors (Lipinski definition) is 1. The third kappa shape index (κ3) is 3.68. The maximum Gasteiger partial charge on any atom is 0.328 e. The average Bonchev–Trinajstić information content (AvgIpc) is 2.41. The van der Waals surface area contributed by atoms with Gasteiger partial charge in [-0.25, -0.2) is 9.18 Å². The number of aliphatic carboxylic acids is 1. The van der Waals surface area contributed by atoms with E-state index in [0.717, 1.165) is 11.6 Å². The van der Waals surface area contributed by atoms with Crippen LogP contribution in [-0.2, 0) is 4.79 Å². The molecule has 0 amide bonds. The van der Waals surface area contributed by atoms with Crippen LogP contribution in [0.15, 0.2) is 48.5 Å². The third-order valence-corrected chi connectivity index (χ3v) is 2.63. The van der Waals surface area contributed by atoms with Gasteiger partial charge in [0.05, 0.1) is 0 Å². The highest BCUT2D eigenvalue weighted by molar-refractivity contribution is 5.85. The molecule has 3 nitrogen and oxygen atoms in total. The molecule has 2 aromatic carbocycles. The number of hydrogen-bond acceptors (Lipinski definition) is 2.